The predicted octanol–water partition coefficient (Wildman–Crippen LogP) is 15.9. The van der Waals surface area contributed by atoms with Gasteiger partial charge in [0.1, 0.15) is 47.4 Å². The highest BCUT2D eigenvalue weighted by molar-refractivity contribution is 7.86. The summed E-state index contributed by atoms with van der Waals surface area (Å²) in [5.41, 5.74) is 8.09. The lowest BCUT2D eigenvalue weighted by atomic mass is 9.79. The number of rotatable bonds is 32. The predicted molar refractivity (Wildman–Crippen MR) is 520 cm³/mol. The Bertz CT molecular complexity index is 5910. The van der Waals surface area contributed by atoms with Gasteiger partial charge in [0, 0.05) is 136 Å². The molecule has 4 aliphatic heterocycles. The summed E-state index contributed by atoms with van der Waals surface area (Å²) in [7, 11) is -10.9. The average Bonchev–Trinajstić information content (AvgIpc) is 1.45. The zero-order valence-corrected chi connectivity index (χ0v) is 77.7. The van der Waals surface area contributed by atoms with Crippen LogP contribution in [-0.2, 0) is 62.9 Å². The number of aliphatic imine (C=N–C) groups is 1. The number of Topliss-reactive ketones (excluding diaryl/α,β-unsaturated/α-hetero) is 2. The summed E-state index contributed by atoms with van der Waals surface area (Å²) in [6.07, 6.45) is 19.5. The number of esters is 1. The number of allylic oxidation sites excluding steroid dienone is 10. The molecule has 6 N–H and O–H groups in total. The van der Waals surface area contributed by atoms with Crippen molar-refractivity contribution >= 4 is 140 Å². The molecule has 13 rings (SSSR count). The van der Waals surface area contributed by atoms with Gasteiger partial charge in [-0.25, -0.2) is 9.37 Å². The second-order valence-corrected chi connectivity index (χ2v) is 39.8. The molecule has 4 heterocycles. The fourth-order valence-electron chi connectivity index (χ4n) is 17.1. The van der Waals surface area contributed by atoms with Gasteiger partial charge in [-0.05, 0) is 204 Å². The standard InChI is InChI=1S/C44H53N4O10P.C32H41N2O3P.C21H19N2O5PS.3CH4/c1-27(49)15-9-7-11-19-37(45-29(3)51)41(53)47(5)31-21-23-35-39(25-31)59(56,57)40-26-32(22-24-36(40)44(35)34-18-14-13-17-33(34)43(55)58-44)48(6)42(54)38(46-30(4)52)20-12-8-10-16-28(2)50;1-6-11-12-21-37-27-17-13-24(14-18-27)32-28-19-15-25(33(7-2)8-3)22-30(28)38(35,36)31-23-26(16-20-29(31)32)34(9-4)10-5;1-22-13-7-9-15-18(11-13)29(24,25)19-12-14(23-2)8-10-16(19)21(15)17-5-3-4-6-20(17)30(26,27)28;;;/h13-14,17-18,21-26,37-38H,7-12,15-16,19-20H2,1-6H3,(H,45,51)(H,46,52)(H,56,57);13-20,22-23H,6-12,21H2,1-5H3;3-12,22H,1-2H3,(H,24,25)(H,26,27,28);3*1H4/t37-,38-;;;;;/m0...../s1. The van der Waals surface area contributed by atoms with Crippen LogP contribution in [-0.4, -0.2) is 153 Å². The number of likely N-dealkylation sites (N-methyl/N-ethyl adjacent to an activating group) is 2. The number of amides is 4. The number of benzene rings is 7. The van der Waals surface area contributed by atoms with E-state index in [0.717, 1.165) is 84.9 Å². The molecule has 30 heteroatoms. The summed E-state index contributed by atoms with van der Waals surface area (Å²) < 4.78 is 91.0. The van der Waals surface area contributed by atoms with E-state index < -0.39 is 79.5 Å². The van der Waals surface area contributed by atoms with Crippen LogP contribution in [0.4, 0.5) is 22.7 Å². The zero-order chi connectivity index (χ0) is 92.2. The minimum atomic E-state index is -4.59. The van der Waals surface area contributed by atoms with E-state index in [-0.39, 0.29) is 93.6 Å². The number of ether oxygens (including phenoxy) is 2. The molecule has 694 valence electrons. The Morgan fingerprint density at radius 1 is 0.562 bits per heavy atom. The number of carbonyl (C=O) groups excluding carboxylic acids is 7. The molecule has 7 aromatic rings. The number of nitrogens with one attached hydrogen (secondary N) is 3. The first-order valence-electron chi connectivity index (χ1n) is 43.1. The Hall–Kier alpha value is -11.1. The number of hydrogen-bond donors (Lipinski definition) is 6. The molecule has 0 aromatic heterocycles. The first kappa shape index (κ1) is 104. The van der Waals surface area contributed by atoms with Crippen LogP contribution in [0.3, 0.4) is 0 Å². The van der Waals surface area contributed by atoms with Crippen LogP contribution >= 0.6 is 22.1 Å². The highest BCUT2D eigenvalue weighted by Gasteiger charge is 2.57. The molecule has 0 radical (unpaired) electrons. The van der Waals surface area contributed by atoms with Gasteiger partial charge in [-0.2, -0.15) is 8.42 Å². The van der Waals surface area contributed by atoms with Gasteiger partial charge < -0.3 is 69.0 Å². The van der Waals surface area contributed by atoms with Crippen LogP contribution in [0.25, 0.3) is 11.1 Å². The lowest BCUT2D eigenvalue weighted by molar-refractivity contribution is -0.519. The van der Waals surface area contributed by atoms with E-state index in [4.69, 9.17) is 9.47 Å². The van der Waals surface area contributed by atoms with Gasteiger partial charge in [-0.3, -0.25) is 37.9 Å². The maximum absolute atomic E-state index is 15.0. The number of ketones is 2. The summed E-state index contributed by atoms with van der Waals surface area (Å²) >= 11 is 0. The lowest BCUT2D eigenvalue weighted by Gasteiger charge is -2.39. The van der Waals surface area contributed by atoms with Crippen molar-refractivity contribution in [2.45, 2.75) is 191 Å². The number of carbonyl (C=O) groups is 7. The third-order valence-electron chi connectivity index (χ3n) is 23.7. The van der Waals surface area contributed by atoms with Crippen LogP contribution in [0.1, 0.15) is 217 Å². The van der Waals surface area contributed by atoms with E-state index in [2.05, 4.69) is 77.2 Å². The number of nitrogens with zero attached hydrogens (tertiary/aromatic N) is 5. The van der Waals surface area contributed by atoms with Crippen molar-refractivity contribution in [2.24, 2.45) is 4.99 Å². The third-order valence-corrected chi connectivity index (χ3v) is 30.7. The molecule has 7 aromatic carbocycles. The van der Waals surface area contributed by atoms with Crippen molar-refractivity contribution in [3.8, 4) is 5.75 Å². The second kappa shape index (κ2) is 44.7. The SMILES string of the molecule is C.C.C.CC(=O)CCCCC[C@H](NC(C)=O)C(=O)N(C)c1ccc2c(c1)P(=O)(O)c1cc(N(C)C(=O)[C@H](CCCCCC(C)=O)NC(C)=O)ccc1C21OC(=O)c2ccccc21.CCCCCOc1ccc(C2=C3C=CC(=[N+](CC)CC)C=C3P(=O)([O-])c3cc(N(CC)CC)ccc32)cc1.CN=C1C=CC2=C(c3ccccc3S(=O)(=O)O)c3ccc(NC)cc3P(=O)(O)C2=C1. The number of fused-ring (bicyclic) bond motifs is 10. The minimum Gasteiger partial charge on any atom is -0.793 e. The van der Waals surface area contributed by atoms with Crippen molar-refractivity contribution in [3.63, 3.8) is 0 Å². The summed E-state index contributed by atoms with van der Waals surface area (Å²) in [6, 6.07) is 39.2. The van der Waals surface area contributed by atoms with Gasteiger partial charge in [0.05, 0.1) is 46.5 Å². The third kappa shape index (κ3) is 22.2. The summed E-state index contributed by atoms with van der Waals surface area (Å²) in [5.74, 6) is -1.38. The minimum absolute atomic E-state index is 0. The Kier molecular flexibility index (Phi) is 35.8. The lowest BCUT2D eigenvalue weighted by Crippen LogP contribution is -2.48. The number of unbranched alkanes of at least 4 members (excludes halogenated alkanes) is 6. The van der Waals surface area contributed by atoms with Crippen molar-refractivity contribution in [2.75, 3.05) is 81.0 Å². The average molecular weight is 1850 g/mol. The molecule has 1 spiro atoms. The maximum atomic E-state index is 15.0. The van der Waals surface area contributed by atoms with Gasteiger partial charge in [0.15, 0.2) is 5.60 Å². The summed E-state index contributed by atoms with van der Waals surface area (Å²) in [4.78, 5) is 135. The first-order valence-corrected chi connectivity index (χ1v) is 49.4. The van der Waals surface area contributed by atoms with Gasteiger partial charge in [-0.15, -0.1) is 0 Å². The first-order chi connectivity index (χ1) is 60.5. The Balaban J connectivity index is 0.000000253. The Morgan fingerprint density at radius 2 is 1.08 bits per heavy atom. The van der Waals surface area contributed by atoms with E-state index in [1.807, 2.05) is 48.6 Å². The molecule has 4 amide bonds. The molecule has 0 saturated heterocycles. The van der Waals surface area contributed by atoms with Crippen molar-refractivity contribution in [3.05, 3.63) is 248 Å². The number of hydrogen-bond acceptors (Lipinski definition) is 18. The molecular formula is C100H125N8O18P3S. The molecule has 26 nitrogen and oxygen atoms in total. The quantitative estimate of drug-likeness (QED) is 0.00750. The van der Waals surface area contributed by atoms with Crippen molar-refractivity contribution in [1.29, 1.82) is 0 Å². The van der Waals surface area contributed by atoms with Crippen molar-refractivity contribution in [1.82, 2.24) is 10.6 Å². The smallest absolute Gasteiger partial charge is 0.340 e. The molecule has 2 unspecified atom stereocenters. The monoisotopic (exact) mass is 1850 g/mol. The fourth-order valence-corrected chi connectivity index (χ4v) is 23.5. The van der Waals surface area contributed by atoms with Crippen molar-refractivity contribution < 1.29 is 89.0 Å². The van der Waals surface area contributed by atoms with E-state index in [9.17, 15) is 70.3 Å². The molecule has 2 aliphatic carbocycles. The second-order valence-electron chi connectivity index (χ2n) is 32.1. The van der Waals surface area contributed by atoms with Gasteiger partial charge in [-0.1, -0.05) is 147 Å². The Labute approximate surface area is 765 Å². The number of anilines is 4. The largest absolute Gasteiger partial charge is 0.793 e. The van der Waals surface area contributed by atoms with Gasteiger partial charge in [0.25, 0.3) is 24.9 Å². The van der Waals surface area contributed by atoms with Crippen LogP contribution in [0.2, 0.25) is 0 Å². The van der Waals surface area contributed by atoms with Gasteiger partial charge >= 0.3 is 5.97 Å². The van der Waals surface area contributed by atoms with Crippen LogP contribution < -0.4 is 61.5 Å². The van der Waals surface area contributed by atoms with Crippen LogP contribution in [0.15, 0.2) is 214 Å². The molecule has 130 heavy (non-hydrogen) atoms. The maximum Gasteiger partial charge on any atom is 0.340 e. The van der Waals surface area contributed by atoms with E-state index in [1.54, 1.807) is 111 Å². The van der Waals surface area contributed by atoms with E-state index in [1.165, 1.54) is 75.9 Å². The molecule has 4 atom stereocenters. The highest BCUT2D eigenvalue weighted by Crippen LogP contribution is 2.62. The van der Waals surface area contributed by atoms with E-state index >= 15 is 4.57 Å². The molecular weight excluding hydrogens is 1730 g/mol. The van der Waals surface area contributed by atoms with E-state index in [0.29, 0.717) is 115 Å². The molecule has 0 fully saturated rings. The zero-order valence-electron chi connectivity index (χ0n) is 74.2. The van der Waals surface area contributed by atoms with Gasteiger partial charge in [0.2, 0.25) is 29.3 Å². The molecule has 0 saturated carbocycles. The summed E-state index contributed by atoms with van der Waals surface area (Å²) in [5, 5.41) is 9.39. The Morgan fingerprint density at radius 3 is 1.60 bits per heavy atom. The van der Waals surface area contributed by atoms with Crippen LogP contribution in [0, 0.1) is 0 Å². The fraction of sp³-hybridized carbons (Fsp3) is 0.370. The normalized spacial score (nSPS) is 18.7. The molecule has 6 aliphatic rings. The highest BCUT2D eigenvalue weighted by atomic mass is 32.2. The van der Waals surface area contributed by atoms with Crippen LogP contribution in [0.5, 0.6) is 5.75 Å². The summed E-state index contributed by atoms with van der Waals surface area (Å²) in [6.45, 7) is 20.2. The molecule has 0 bridgehead atoms. The topological polar surface area (TPSA) is 368 Å².